The van der Waals surface area contributed by atoms with E-state index in [0.29, 0.717) is 36.0 Å². The van der Waals surface area contributed by atoms with E-state index in [1.54, 1.807) is 52.0 Å². The number of nitrogens with zero attached hydrogens (tertiary/aromatic N) is 6. The minimum Gasteiger partial charge on any atom is -0.494 e. The minimum absolute atomic E-state index is 0.143. The lowest BCUT2D eigenvalue weighted by Gasteiger charge is -2.27. The molecule has 0 spiro atoms. The van der Waals surface area contributed by atoms with E-state index in [2.05, 4.69) is 21.1 Å². The summed E-state index contributed by atoms with van der Waals surface area (Å²) in [4.78, 5) is 36.2. The van der Waals surface area contributed by atoms with Crippen molar-refractivity contribution in [1.82, 2.24) is 19.4 Å². The number of likely N-dealkylation sites (N-methyl/N-ethyl adjacent to an activating group) is 2. The molecular formula is C30H35N7O6. The van der Waals surface area contributed by atoms with Crippen molar-refractivity contribution in [2.75, 3.05) is 51.1 Å². The number of amides is 1. The number of hydrogen-bond acceptors (Lipinski definition) is 10. The molecule has 0 unspecified atom stereocenters. The predicted molar refractivity (Wildman–Crippen MR) is 164 cm³/mol. The molecule has 0 saturated heterocycles. The fraction of sp³-hybridized carbons (Fsp3) is 0.367. The number of nitrogens with one attached hydrogen (secondary N) is 1. The standard InChI is InChI=1S/C30H35N7O6/c1-30(2,3)43-29(38)35(5)13-12-34(4)23-17-26(41-6)22(16-24(23)37(39)40)33-28-31-11-10-21(32-28)20-18-36-14-15-42-25-9-7-8-19(20)27(25)36/h7-11,16-18H,12-15H2,1-6H3,(H,31,32,33). The Morgan fingerprint density at radius 3 is 2.72 bits per heavy atom. The van der Waals surface area contributed by atoms with Gasteiger partial charge in [-0.15, -0.1) is 0 Å². The van der Waals surface area contributed by atoms with Crippen molar-refractivity contribution in [3.05, 3.63) is 58.9 Å². The Labute approximate surface area is 249 Å². The molecule has 3 heterocycles. The van der Waals surface area contributed by atoms with Crippen LogP contribution in [0.1, 0.15) is 20.8 Å². The van der Waals surface area contributed by atoms with Gasteiger partial charge in [-0.1, -0.05) is 12.1 Å². The number of carbonyl (C=O) groups excluding carboxylic acids is 1. The molecule has 0 aliphatic carbocycles. The van der Waals surface area contributed by atoms with Crippen molar-refractivity contribution in [3.63, 3.8) is 0 Å². The highest BCUT2D eigenvalue weighted by Crippen LogP contribution is 2.40. The van der Waals surface area contributed by atoms with E-state index in [1.165, 1.54) is 18.1 Å². The summed E-state index contributed by atoms with van der Waals surface area (Å²) in [5.41, 5.74) is 2.54. The van der Waals surface area contributed by atoms with Gasteiger partial charge in [0, 0.05) is 62.7 Å². The number of anilines is 3. The zero-order valence-corrected chi connectivity index (χ0v) is 25.1. The van der Waals surface area contributed by atoms with Crippen LogP contribution < -0.4 is 19.7 Å². The van der Waals surface area contributed by atoms with E-state index in [9.17, 15) is 14.9 Å². The summed E-state index contributed by atoms with van der Waals surface area (Å²) in [6.07, 6.45) is 3.22. The van der Waals surface area contributed by atoms with Gasteiger partial charge in [0.15, 0.2) is 0 Å². The second-order valence-electron chi connectivity index (χ2n) is 11.2. The van der Waals surface area contributed by atoms with E-state index in [0.717, 1.165) is 28.8 Å². The molecule has 1 amide bonds. The normalized spacial score (nSPS) is 12.4. The minimum atomic E-state index is -0.625. The van der Waals surface area contributed by atoms with Crippen LogP contribution in [0.2, 0.25) is 0 Å². The maximum atomic E-state index is 12.3. The van der Waals surface area contributed by atoms with E-state index >= 15 is 0 Å². The molecule has 0 fully saturated rings. The lowest BCUT2D eigenvalue weighted by Crippen LogP contribution is -2.38. The molecule has 1 N–H and O–H groups in total. The third kappa shape index (κ3) is 6.25. The summed E-state index contributed by atoms with van der Waals surface area (Å²) in [6.45, 7) is 7.32. The molecule has 5 rings (SSSR count). The van der Waals surface area contributed by atoms with Crippen LogP contribution >= 0.6 is 0 Å². The molecule has 0 saturated carbocycles. The van der Waals surface area contributed by atoms with E-state index in [-0.39, 0.29) is 18.2 Å². The van der Waals surface area contributed by atoms with Crippen molar-refractivity contribution in [2.24, 2.45) is 0 Å². The highest BCUT2D eigenvalue weighted by molar-refractivity contribution is 5.98. The van der Waals surface area contributed by atoms with Crippen molar-refractivity contribution in [2.45, 2.75) is 32.9 Å². The molecule has 1 aliphatic rings. The topological polar surface area (TPSA) is 137 Å². The van der Waals surface area contributed by atoms with Crippen LogP contribution in [0.3, 0.4) is 0 Å². The molecule has 0 radical (unpaired) electrons. The third-order valence-electron chi connectivity index (χ3n) is 7.01. The van der Waals surface area contributed by atoms with Crippen molar-refractivity contribution < 1.29 is 23.9 Å². The van der Waals surface area contributed by atoms with Gasteiger partial charge in [0.05, 0.1) is 35.5 Å². The molecule has 226 valence electrons. The molecule has 43 heavy (non-hydrogen) atoms. The first-order valence-corrected chi connectivity index (χ1v) is 13.8. The van der Waals surface area contributed by atoms with Gasteiger partial charge < -0.3 is 33.9 Å². The smallest absolute Gasteiger partial charge is 0.410 e. The van der Waals surface area contributed by atoms with E-state index in [1.807, 2.05) is 24.3 Å². The first-order chi connectivity index (χ1) is 20.4. The first-order valence-electron chi connectivity index (χ1n) is 13.8. The number of carbonyl (C=O) groups is 1. The molecule has 0 atom stereocenters. The molecule has 2 aromatic carbocycles. The van der Waals surface area contributed by atoms with Gasteiger partial charge in [0.2, 0.25) is 5.95 Å². The lowest BCUT2D eigenvalue weighted by molar-refractivity contribution is -0.384. The molecule has 4 aromatic rings. The monoisotopic (exact) mass is 589 g/mol. The Balaban J connectivity index is 1.40. The van der Waals surface area contributed by atoms with E-state index in [4.69, 9.17) is 19.2 Å². The summed E-state index contributed by atoms with van der Waals surface area (Å²) < 4.78 is 19.0. The number of nitro benzene ring substituents is 1. The van der Waals surface area contributed by atoms with Crippen LogP contribution in [0.25, 0.3) is 22.2 Å². The summed E-state index contributed by atoms with van der Waals surface area (Å²) in [6, 6.07) is 10.7. The Morgan fingerprint density at radius 1 is 1.21 bits per heavy atom. The van der Waals surface area contributed by atoms with Crippen molar-refractivity contribution in [3.8, 4) is 22.8 Å². The second-order valence-corrected chi connectivity index (χ2v) is 11.2. The molecular weight excluding hydrogens is 554 g/mol. The number of rotatable bonds is 9. The van der Waals surface area contributed by atoms with Gasteiger partial charge in [0.25, 0.3) is 5.69 Å². The lowest BCUT2D eigenvalue weighted by atomic mass is 10.1. The number of methoxy groups -OCH3 is 1. The third-order valence-corrected chi connectivity index (χ3v) is 7.01. The highest BCUT2D eigenvalue weighted by atomic mass is 16.6. The van der Waals surface area contributed by atoms with Crippen molar-refractivity contribution >= 4 is 40.0 Å². The average Bonchev–Trinajstić information content (AvgIpc) is 3.35. The fourth-order valence-corrected chi connectivity index (χ4v) is 4.89. The van der Waals surface area contributed by atoms with Gasteiger partial charge in [-0.05, 0) is 32.9 Å². The van der Waals surface area contributed by atoms with E-state index < -0.39 is 16.6 Å². The Bertz CT molecular complexity index is 1680. The average molecular weight is 590 g/mol. The predicted octanol–water partition coefficient (Wildman–Crippen LogP) is 5.45. The number of ether oxygens (including phenoxy) is 3. The van der Waals surface area contributed by atoms with Crippen LogP contribution in [-0.4, -0.2) is 77.0 Å². The van der Waals surface area contributed by atoms with Crippen LogP contribution in [0.15, 0.2) is 48.8 Å². The number of para-hydroxylation sites is 1. The molecule has 2 aromatic heterocycles. The molecule has 13 nitrogen and oxygen atoms in total. The first kappa shape index (κ1) is 29.4. The highest BCUT2D eigenvalue weighted by Gasteiger charge is 2.25. The zero-order valence-electron chi connectivity index (χ0n) is 25.1. The van der Waals surface area contributed by atoms with Crippen LogP contribution in [-0.2, 0) is 11.3 Å². The van der Waals surface area contributed by atoms with Crippen LogP contribution in [0.5, 0.6) is 11.5 Å². The van der Waals surface area contributed by atoms with Gasteiger partial charge in [-0.2, -0.15) is 0 Å². The Kier molecular flexibility index (Phi) is 7.98. The van der Waals surface area contributed by atoms with Gasteiger partial charge in [-0.25, -0.2) is 14.8 Å². The second kappa shape index (κ2) is 11.7. The number of hydrogen-bond donors (Lipinski definition) is 1. The maximum absolute atomic E-state index is 12.3. The fourth-order valence-electron chi connectivity index (χ4n) is 4.89. The quantitative estimate of drug-likeness (QED) is 0.198. The van der Waals surface area contributed by atoms with Crippen LogP contribution in [0.4, 0.5) is 27.8 Å². The summed E-state index contributed by atoms with van der Waals surface area (Å²) >= 11 is 0. The Morgan fingerprint density at radius 2 is 2.00 bits per heavy atom. The number of benzene rings is 2. The Hall–Kier alpha value is -5.07. The SMILES string of the molecule is COc1cc(N(C)CCN(C)C(=O)OC(C)(C)C)c([N+](=O)[O-])cc1Nc1nccc(-c2cn3c4c(cccc24)OCC3)n1. The molecule has 0 bridgehead atoms. The zero-order chi connectivity index (χ0) is 30.9. The van der Waals surface area contributed by atoms with Gasteiger partial charge in [0.1, 0.15) is 29.4 Å². The van der Waals surface area contributed by atoms with Crippen molar-refractivity contribution in [1.29, 1.82) is 0 Å². The largest absolute Gasteiger partial charge is 0.494 e. The number of aromatic nitrogens is 3. The van der Waals surface area contributed by atoms with Crippen LogP contribution in [0, 0.1) is 10.1 Å². The van der Waals surface area contributed by atoms with Gasteiger partial charge in [-0.3, -0.25) is 10.1 Å². The maximum Gasteiger partial charge on any atom is 0.410 e. The summed E-state index contributed by atoms with van der Waals surface area (Å²) in [5, 5.41) is 16.3. The molecule has 1 aliphatic heterocycles. The molecule has 13 heteroatoms. The van der Waals surface area contributed by atoms with Gasteiger partial charge >= 0.3 is 6.09 Å². The number of nitro groups is 1. The summed E-state index contributed by atoms with van der Waals surface area (Å²) in [7, 11) is 4.82. The summed E-state index contributed by atoms with van der Waals surface area (Å²) in [5.74, 6) is 1.46.